The van der Waals surface area contributed by atoms with Crippen molar-refractivity contribution in [1.29, 1.82) is 0 Å². The molecule has 0 saturated carbocycles. The Morgan fingerprint density at radius 2 is 1.37 bits per heavy atom. The number of aliphatic hydroxyl groups is 2. The molecule has 1 atom stereocenters. The zero-order valence-corrected chi connectivity index (χ0v) is 17.6. The summed E-state index contributed by atoms with van der Waals surface area (Å²) in [6.45, 7) is 1.84. The molecular weight excluding hydrogens is 370 g/mol. The van der Waals surface area contributed by atoms with Crippen LogP contribution in [0.5, 0.6) is 0 Å². The van der Waals surface area contributed by atoms with Gasteiger partial charge in [0.15, 0.2) is 0 Å². The van der Waals surface area contributed by atoms with Gasteiger partial charge in [-0.2, -0.15) is 8.42 Å². The van der Waals surface area contributed by atoms with Crippen LogP contribution in [-0.2, 0) is 14.9 Å². The van der Waals surface area contributed by atoms with E-state index in [4.69, 9.17) is 14.8 Å². The predicted molar refractivity (Wildman–Crippen MR) is 107 cm³/mol. The second kappa shape index (κ2) is 16.3. The molecule has 4 N–H and O–H groups in total. The van der Waals surface area contributed by atoms with E-state index in [0.717, 1.165) is 19.3 Å². The molecule has 162 valence electrons. The first-order valence-electron chi connectivity index (χ1n) is 10.3. The third-order valence-electron chi connectivity index (χ3n) is 4.81. The van der Waals surface area contributed by atoms with E-state index in [1.807, 2.05) is 0 Å². The first-order chi connectivity index (χ1) is 12.8. The zero-order valence-electron chi connectivity index (χ0n) is 16.7. The average Bonchev–Trinajstić information content (AvgIpc) is 2.58. The fraction of sp³-hybridized carbons (Fsp3) is 0.947. The van der Waals surface area contributed by atoms with Gasteiger partial charge in [0.25, 0.3) is 10.1 Å². The number of rotatable bonds is 18. The van der Waals surface area contributed by atoms with Gasteiger partial charge < -0.3 is 15.5 Å². The van der Waals surface area contributed by atoms with Crippen LogP contribution in [-0.4, -0.2) is 54.1 Å². The Hall–Kier alpha value is -0.700. The summed E-state index contributed by atoms with van der Waals surface area (Å²) in [6, 6.07) is -0.814. The summed E-state index contributed by atoms with van der Waals surface area (Å²) in [7, 11) is -4.27. The molecule has 0 spiro atoms. The third-order valence-corrected chi connectivity index (χ3v) is 5.59. The van der Waals surface area contributed by atoms with Gasteiger partial charge in [0.1, 0.15) is 0 Å². The minimum absolute atomic E-state index is 0.180. The van der Waals surface area contributed by atoms with Crippen molar-refractivity contribution < 1.29 is 28.0 Å². The van der Waals surface area contributed by atoms with Crippen LogP contribution >= 0.6 is 0 Å². The lowest BCUT2D eigenvalue weighted by Crippen LogP contribution is -2.45. The Morgan fingerprint density at radius 1 is 0.889 bits per heavy atom. The van der Waals surface area contributed by atoms with Gasteiger partial charge in [-0.3, -0.25) is 9.35 Å². The molecule has 8 heteroatoms. The van der Waals surface area contributed by atoms with E-state index in [1.165, 1.54) is 38.5 Å². The molecule has 0 radical (unpaired) electrons. The van der Waals surface area contributed by atoms with E-state index in [2.05, 4.69) is 12.2 Å². The van der Waals surface area contributed by atoms with Crippen molar-refractivity contribution in [1.82, 2.24) is 5.32 Å². The number of carbonyl (C=O) groups excluding carboxylic acids is 1. The number of carbonyl (C=O) groups is 1. The average molecular weight is 410 g/mol. The van der Waals surface area contributed by atoms with Gasteiger partial charge in [-0.25, -0.2) is 0 Å². The number of amides is 1. The summed E-state index contributed by atoms with van der Waals surface area (Å²) in [5.74, 6) is -1.28. The third kappa shape index (κ3) is 16.0. The van der Waals surface area contributed by atoms with Crippen LogP contribution in [0.3, 0.4) is 0 Å². The first kappa shape index (κ1) is 26.3. The lowest BCUT2D eigenvalue weighted by molar-refractivity contribution is -0.122. The highest BCUT2D eigenvalue weighted by Gasteiger charge is 2.27. The van der Waals surface area contributed by atoms with Crippen LogP contribution < -0.4 is 5.32 Å². The van der Waals surface area contributed by atoms with Gasteiger partial charge in [0.05, 0.1) is 5.75 Å². The molecule has 0 aromatic rings. The van der Waals surface area contributed by atoms with Gasteiger partial charge in [-0.05, 0) is 25.2 Å². The Morgan fingerprint density at radius 3 is 1.81 bits per heavy atom. The molecule has 0 fully saturated rings. The molecule has 0 aliphatic heterocycles. The quantitative estimate of drug-likeness (QED) is 0.204. The van der Waals surface area contributed by atoms with Crippen LogP contribution in [0.2, 0.25) is 0 Å². The second-order valence-corrected chi connectivity index (χ2v) is 8.78. The van der Waals surface area contributed by atoms with Gasteiger partial charge in [-0.1, -0.05) is 58.3 Å². The molecular formula is C19H39NO6S. The molecule has 0 aliphatic rings. The molecule has 0 heterocycles. The van der Waals surface area contributed by atoms with Gasteiger partial charge in [0.2, 0.25) is 5.91 Å². The molecule has 0 aromatic heterocycles. The molecule has 0 aliphatic carbocycles. The van der Waals surface area contributed by atoms with Crippen molar-refractivity contribution in [3.8, 4) is 0 Å². The SMILES string of the molecule is CCCCCCCCCCCC(=O)NC(CS(=O)(=O)O)C(CCO)CCO. The summed E-state index contributed by atoms with van der Waals surface area (Å²) < 4.78 is 31.6. The van der Waals surface area contributed by atoms with Crippen LogP contribution in [0.1, 0.15) is 84.0 Å². The maximum absolute atomic E-state index is 12.1. The standard InChI is InChI=1S/C19H39NO6S/c1-2-3-4-5-6-7-8-9-10-11-19(23)20-18(16-27(24,25)26)17(12-14-21)13-15-22/h17-18,21-22H,2-16H2,1H3,(H,20,23)(H,24,25,26). The lowest BCUT2D eigenvalue weighted by atomic mass is 9.94. The largest absolute Gasteiger partial charge is 0.396 e. The highest BCUT2D eigenvalue weighted by atomic mass is 32.2. The highest BCUT2D eigenvalue weighted by molar-refractivity contribution is 7.85. The van der Waals surface area contributed by atoms with Crippen LogP contribution in [0.25, 0.3) is 0 Å². The van der Waals surface area contributed by atoms with Crippen LogP contribution in [0.4, 0.5) is 0 Å². The number of nitrogens with one attached hydrogen (secondary N) is 1. The molecule has 0 bridgehead atoms. The number of hydrogen-bond acceptors (Lipinski definition) is 5. The number of hydrogen-bond donors (Lipinski definition) is 4. The molecule has 0 rings (SSSR count). The molecule has 0 aromatic carbocycles. The minimum Gasteiger partial charge on any atom is -0.396 e. The van der Waals surface area contributed by atoms with Crippen molar-refractivity contribution in [2.75, 3.05) is 19.0 Å². The summed E-state index contributed by atoms with van der Waals surface area (Å²) in [6.07, 6.45) is 11.1. The minimum atomic E-state index is -4.27. The molecule has 1 unspecified atom stereocenters. The van der Waals surface area contributed by atoms with E-state index < -0.39 is 27.8 Å². The summed E-state index contributed by atoms with van der Waals surface area (Å²) in [5.41, 5.74) is 0. The summed E-state index contributed by atoms with van der Waals surface area (Å²) in [5, 5.41) is 20.9. The van der Waals surface area contributed by atoms with Crippen molar-refractivity contribution in [2.24, 2.45) is 5.92 Å². The van der Waals surface area contributed by atoms with E-state index in [-0.39, 0.29) is 32.0 Å². The predicted octanol–water partition coefficient (Wildman–Crippen LogP) is 2.66. The highest BCUT2D eigenvalue weighted by Crippen LogP contribution is 2.16. The van der Waals surface area contributed by atoms with E-state index >= 15 is 0 Å². The summed E-state index contributed by atoms with van der Waals surface area (Å²) >= 11 is 0. The maximum Gasteiger partial charge on any atom is 0.266 e. The fourth-order valence-electron chi connectivity index (χ4n) is 3.28. The number of unbranched alkanes of at least 4 members (excludes halogenated alkanes) is 8. The van der Waals surface area contributed by atoms with Crippen molar-refractivity contribution in [2.45, 2.75) is 90.0 Å². The van der Waals surface area contributed by atoms with Crippen molar-refractivity contribution >= 4 is 16.0 Å². The fourth-order valence-corrected chi connectivity index (χ4v) is 4.09. The molecule has 27 heavy (non-hydrogen) atoms. The van der Waals surface area contributed by atoms with E-state index in [1.54, 1.807) is 0 Å². The normalized spacial score (nSPS) is 13.1. The van der Waals surface area contributed by atoms with E-state index in [9.17, 15) is 13.2 Å². The lowest BCUT2D eigenvalue weighted by Gasteiger charge is -2.26. The first-order valence-corrected chi connectivity index (χ1v) is 11.9. The zero-order chi connectivity index (χ0) is 20.5. The Bertz CT molecular complexity index is 463. The molecule has 0 saturated heterocycles. The maximum atomic E-state index is 12.1. The van der Waals surface area contributed by atoms with E-state index in [0.29, 0.717) is 6.42 Å². The Labute approximate surface area is 164 Å². The van der Waals surface area contributed by atoms with Crippen LogP contribution in [0, 0.1) is 5.92 Å². The van der Waals surface area contributed by atoms with Gasteiger partial charge >= 0.3 is 0 Å². The van der Waals surface area contributed by atoms with Gasteiger partial charge in [0, 0.05) is 25.7 Å². The molecule has 1 amide bonds. The van der Waals surface area contributed by atoms with Crippen LogP contribution in [0.15, 0.2) is 0 Å². The van der Waals surface area contributed by atoms with Gasteiger partial charge in [-0.15, -0.1) is 0 Å². The molecule has 7 nitrogen and oxygen atoms in total. The monoisotopic (exact) mass is 409 g/mol. The number of aliphatic hydroxyl groups excluding tert-OH is 2. The Kier molecular flexibility index (Phi) is 15.9. The van der Waals surface area contributed by atoms with Crippen molar-refractivity contribution in [3.05, 3.63) is 0 Å². The smallest absolute Gasteiger partial charge is 0.266 e. The van der Waals surface area contributed by atoms with Crippen molar-refractivity contribution in [3.63, 3.8) is 0 Å². The summed E-state index contributed by atoms with van der Waals surface area (Å²) in [4.78, 5) is 12.1. The topological polar surface area (TPSA) is 124 Å². The second-order valence-electron chi connectivity index (χ2n) is 7.29. The Balaban J connectivity index is 4.23.